The van der Waals surface area contributed by atoms with E-state index in [9.17, 15) is 60.0 Å². The van der Waals surface area contributed by atoms with Gasteiger partial charge in [0, 0.05) is 102 Å². The SMILES string of the molecule is CC[C@H]1OC(=O)[C@H](C)[C@@H](O[C@H]2C[C@@](C)(OC)[C@@H](O)[C@H](C)O2)[C@H](C)[C@@H](O[C@@H]2O[C@H](C)C[C@H](N(C)CCN(C)[C@H]3C[C@@H](C)O[C@@H](O[C@@H]4[C@@H](C)[C@H](O[C@H]5C[C@@](C)(OC)[C@@H](O)[C@H](C)O5)[C@@H](C)C(=O)O[C@H](CC)[C@@](C)(O)[C@H](O)[C@@H](C)C(=O)[C@H](C)C[C@@]4(C)OC)[C@@H]3O)[C@H]2O)[C@](C)(OC)C[C@@H](C)C(=O)[C@H](C)[C@@H](O)[C@]1(C)O. The molecule has 0 radical (unpaired) electrons. The van der Waals surface area contributed by atoms with Crippen molar-refractivity contribution in [3.63, 3.8) is 0 Å². The number of aliphatic hydroxyl groups is 8. The number of hydrogen-bond donors (Lipinski definition) is 8. The van der Waals surface area contributed by atoms with Crippen LogP contribution >= 0.6 is 0 Å². The molecule has 8 N–H and O–H groups in total. The van der Waals surface area contributed by atoms with Crippen molar-refractivity contribution in [2.75, 3.05) is 55.6 Å². The first kappa shape index (κ1) is 90.3. The number of esters is 2. The van der Waals surface area contributed by atoms with Crippen LogP contribution in [0.1, 0.15) is 190 Å². The number of ketones is 2. The zero-order valence-electron chi connectivity index (χ0n) is 67.2. The summed E-state index contributed by atoms with van der Waals surface area (Å²) in [6, 6.07) is -1.22. The lowest BCUT2D eigenvalue weighted by Gasteiger charge is -2.50. The van der Waals surface area contributed by atoms with Gasteiger partial charge in [-0.1, -0.05) is 55.4 Å². The van der Waals surface area contributed by atoms with E-state index in [2.05, 4.69) is 0 Å². The zero-order chi connectivity index (χ0) is 78.8. The summed E-state index contributed by atoms with van der Waals surface area (Å²) in [5.41, 5.74) is -9.27. The lowest BCUT2D eigenvalue weighted by Crippen LogP contribution is -2.62. The Kier molecular flexibility index (Phi) is 31.5. The molecule has 36 atom stereocenters. The maximum absolute atomic E-state index is 14.7. The summed E-state index contributed by atoms with van der Waals surface area (Å²) in [7, 11) is 9.64. The molecular weight excluding hydrogens is 1360 g/mol. The van der Waals surface area contributed by atoms with E-state index in [1.807, 2.05) is 37.7 Å². The van der Waals surface area contributed by atoms with E-state index in [4.69, 9.17) is 66.3 Å². The van der Waals surface area contributed by atoms with Crippen LogP contribution in [0.3, 0.4) is 0 Å². The maximum Gasteiger partial charge on any atom is 0.311 e. The second kappa shape index (κ2) is 36.3. The quantitative estimate of drug-likeness (QED) is 0.0817. The third-order valence-electron chi connectivity index (χ3n) is 25.1. The molecule has 104 heavy (non-hydrogen) atoms. The van der Waals surface area contributed by atoms with Crippen molar-refractivity contribution in [1.29, 1.82) is 0 Å². The minimum Gasteiger partial charge on any atom is -0.459 e. The number of ether oxygens (including phenoxy) is 14. The molecule has 0 aromatic carbocycles. The van der Waals surface area contributed by atoms with E-state index in [1.54, 1.807) is 96.9 Å². The number of carbonyl (C=O) groups excluding carboxylic acids is 4. The molecule has 28 nitrogen and oxygen atoms in total. The van der Waals surface area contributed by atoms with Crippen molar-refractivity contribution < 1.29 is 126 Å². The summed E-state index contributed by atoms with van der Waals surface area (Å²) in [6.07, 6.45) is -21.7. The van der Waals surface area contributed by atoms with Crippen LogP contribution in [0.25, 0.3) is 0 Å². The average Bonchev–Trinajstić information content (AvgIpc) is 0.719. The fourth-order valence-corrected chi connectivity index (χ4v) is 17.7. The molecule has 6 fully saturated rings. The van der Waals surface area contributed by atoms with E-state index >= 15 is 0 Å². The maximum atomic E-state index is 14.7. The van der Waals surface area contributed by atoms with E-state index in [1.165, 1.54) is 56.1 Å². The Hall–Kier alpha value is -2.60. The van der Waals surface area contributed by atoms with Gasteiger partial charge in [0.15, 0.2) is 25.2 Å². The van der Waals surface area contributed by atoms with Crippen LogP contribution in [-0.4, -0.2) is 298 Å². The van der Waals surface area contributed by atoms with E-state index in [-0.39, 0.29) is 38.5 Å². The van der Waals surface area contributed by atoms with Gasteiger partial charge in [0.2, 0.25) is 0 Å². The van der Waals surface area contributed by atoms with E-state index < -0.39 is 239 Å². The molecule has 6 aliphatic heterocycles. The number of likely N-dealkylation sites (N-methyl/N-ethyl adjacent to an activating group) is 2. The van der Waals surface area contributed by atoms with Crippen LogP contribution in [0.15, 0.2) is 0 Å². The van der Waals surface area contributed by atoms with Gasteiger partial charge in [0.25, 0.3) is 0 Å². The monoisotopic (exact) mass is 1490 g/mol. The fraction of sp³-hybridized carbons (Fsp3) is 0.947. The molecule has 0 aliphatic carbocycles. The first-order valence-electron chi connectivity index (χ1n) is 38.0. The zero-order valence-corrected chi connectivity index (χ0v) is 67.2. The van der Waals surface area contributed by atoms with Crippen LogP contribution in [-0.2, 0) is 85.5 Å². The Morgan fingerprint density at radius 3 is 1.03 bits per heavy atom. The number of nitrogens with zero attached hydrogens (tertiary/aromatic N) is 2. The van der Waals surface area contributed by atoms with Gasteiger partial charge >= 0.3 is 11.9 Å². The lowest BCUT2D eigenvalue weighted by molar-refractivity contribution is -0.320. The second-order valence-electron chi connectivity index (χ2n) is 33.3. The minimum absolute atomic E-state index is 0.0101. The Morgan fingerprint density at radius 2 is 0.740 bits per heavy atom. The molecule has 28 heteroatoms. The van der Waals surface area contributed by atoms with Crippen molar-refractivity contribution in [2.24, 2.45) is 47.3 Å². The first-order valence-corrected chi connectivity index (χ1v) is 38.0. The van der Waals surface area contributed by atoms with Crippen LogP contribution in [0.2, 0.25) is 0 Å². The molecule has 6 rings (SSSR count). The predicted octanol–water partition coefficient (Wildman–Crippen LogP) is 4.63. The van der Waals surface area contributed by atoms with Crippen molar-refractivity contribution in [3.05, 3.63) is 0 Å². The number of Topliss-reactive ketones (excluding diaryl/α,β-unsaturated/α-hetero) is 2. The molecule has 6 saturated heterocycles. The highest BCUT2D eigenvalue weighted by Crippen LogP contribution is 2.46. The van der Waals surface area contributed by atoms with Gasteiger partial charge in [-0.25, -0.2) is 0 Å². The van der Waals surface area contributed by atoms with Crippen molar-refractivity contribution in [3.8, 4) is 0 Å². The number of rotatable bonds is 19. The van der Waals surface area contributed by atoms with Gasteiger partial charge in [-0.2, -0.15) is 0 Å². The molecule has 606 valence electrons. The number of carbonyl (C=O) groups is 4. The molecule has 0 bridgehead atoms. The largest absolute Gasteiger partial charge is 0.459 e. The molecule has 0 saturated carbocycles. The third kappa shape index (κ3) is 19.5. The summed E-state index contributed by atoms with van der Waals surface area (Å²) >= 11 is 0. The Morgan fingerprint density at radius 1 is 0.433 bits per heavy atom. The highest BCUT2D eigenvalue weighted by molar-refractivity contribution is 5.84. The summed E-state index contributed by atoms with van der Waals surface area (Å²) in [6.45, 7) is 34.2. The highest BCUT2D eigenvalue weighted by Gasteiger charge is 2.58. The Bertz CT molecular complexity index is 2590. The van der Waals surface area contributed by atoms with Gasteiger partial charge in [-0.05, 0) is 136 Å². The minimum atomic E-state index is -2.06. The third-order valence-corrected chi connectivity index (χ3v) is 25.1. The summed E-state index contributed by atoms with van der Waals surface area (Å²) in [5, 5.41) is 95.6. The molecule has 0 spiro atoms. The van der Waals surface area contributed by atoms with Gasteiger partial charge in [-0.15, -0.1) is 0 Å². The molecule has 6 aliphatic rings. The smallest absolute Gasteiger partial charge is 0.311 e. The normalized spacial score (nSPS) is 49.2. The van der Waals surface area contributed by atoms with Crippen LogP contribution in [0.5, 0.6) is 0 Å². The molecular formula is C76H136N2O26. The van der Waals surface area contributed by atoms with Gasteiger partial charge < -0.3 is 107 Å². The molecule has 0 aromatic rings. The van der Waals surface area contributed by atoms with Crippen molar-refractivity contribution in [1.82, 2.24) is 9.80 Å². The topological polar surface area (TPSA) is 366 Å². The van der Waals surface area contributed by atoms with Crippen LogP contribution in [0.4, 0.5) is 0 Å². The fourth-order valence-electron chi connectivity index (χ4n) is 17.7. The average molecular weight is 1490 g/mol. The molecule has 0 unspecified atom stereocenters. The summed E-state index contributed by atoms with van der Waals surface area (Å²) in [4.78, 5) is 62.6. The summed E-state index contributed by atoms with van der Waals surface area (Å²) in [5.74, 6) is -10.3. The van der Waals surface area contributed by atoms with E-state index in [0.29, 0.717) is 25.9 Å². The Balaban J connectivity index is 1.32. The predicted molar refractivity (Wildman–Crippen MR) is 380 cm³/mol. The van der Waals surface area contributed by atoms with Crippen LogP contribution in [0, 0.1) is 47.3 Å². The number of methoxy groups -OCH3 is 4. The lowest BCUT2D eigenvalue weighted by atomic mass is 9.73. The Labute approximate surface area is 618 Å². The highest BCUT2D eigenvalue weighted by atomic mass is 16.7. The molecule has 0 amide bonds. The van der Waals surface area contributed by atoms with Crippen molar-refractivity contribution in [2.45, 2.75) is 358 Å². The van der Waals surface area contributed by atoms with Crippen LogP contribution < -0.4 is 0 Å². The molecule has 6 heterocycles. The number of hydrogen-bond acceptors (Lipinski definition) is 28. The van der Waals surface area contributed by atoms with Gasteiger partial charge in [0.05, 0.1) is 95.3 Å². The number of aliphatic hydroxyl groups excluding tert-OH is 6. The van der Waals surface area contributed by atoms with E-state index in [0.717, 1.165) is 0 Å². The van der Waals surface area contributed by atoms with Gasteiger partial charge in [-0.3, -0.25) is 29.0 Å². The number of cyclic esters (lactones) is 2. The standard InChI is InChI=1S/C76H136N2O26/c1-27-51-75(19,89)61(83)41(7)55(79)37(3)33-73(17,93-25)65(43(9)59(45(11)67(87)99-51)101-53-35-71(15,91-23)63(85)47(13)97-53)103-69-57(81)49(31-39(5)95-69)77(21)29-30-78(22)50-32-40(6)96-70(58(50)82)104-66-44(10)60(102-54-36-72(16,92-24)64(86)48(14)98-54)46(12)68(88)100-52(28-2)76(20,90)62(84)42(8)56(80)38(4)34-74(66,18)94-26/h37-54,57-66,69-70,81-86,89-90H,27-36H2,1-26H3/t37-,38-,39-,40-,41+,42+,43+,44+,45-,46-,47+,48+,49+,50+,51-,52-,53+,54+,57-,58-,59+,60+,61-,62-,63+,64+,65-,66-,69+,70+,71-,72-,73-,74-,75-,76-/m1/s1. The first-order chi connectivity index (χ1) is 48.1. The van der Waals surface area contributed by atoms with Gasteiger partial charge in [0.1, 0.15) is 59.4 Å². The summed E-state index contributed by atoms with van der Waals surface area (Å²) < 4.78 is 90.8. The second-order valence-corrected chi connectivity index (χ2v) is 33.3. The molecule has 0 aromatic heterocycles. The van der Waals surface area contributed by atoms with Crippen molar-refractivity contribution >= 4 is 23.5 Å².